The van der Waals surface area contributed by atoms with Crippen LogP contribution in [0.1, 0.15) is 76.3 Å². The molecule has 6 aromatic carbocycles. The molecule has 0 aliphatic carbocycles. The van der Waals surface area contributed by atoms with Gasteiger partial charge < -0.3 is 0 Å². The van der Waals surface area contributed by atoms with Crippen LogP contribution in [0.15, 0.2) is 120 Å². The topological polar surface area (TPSA) is 0 Å². The van der Waals surface area contributed by atoms with Gasteiger partial charge in [-0.1, -0.05) is 152 Å². The van der Waals surface area contributed by atoms with Crippen molar-refractivity contribution in [1.29, 1.82) is 0 Å². The molecule has 272 valence electrons. The lowest BCUT2D eigenvalue weighted by atomic mass is 9.86. The van der Waals surface area contributed by atoms with Crippen LogP contribution in [0.4, 0.5) is 0 Å². The number of hydrogen-bond donors (Lipinski definition) is 0. The molecule has 0 nitrogen and oxygen atoms in total. The lowest BCUT2D eigenvalue weighted by molar-refractivity contribution is 0.664. The van der Waals surface area contributed by atoms with Crippen molar-refractivity contribution in [3.8, 4) is 55.6 Å². The zero-order valence-corrected chi connectivity index (χ0v) is 36.4. The van der Waals surface area contributed by atoms with E-state index >= 15 is 0 Å². The molecule has 5 heteroatoms. The smallest absolute Gasteiger partial charge is 0.0423 e. The molecule has 6 aromatic rings. The zero-order valence-electron chi connectivity index (χ0n) is 30.4. The third kappa shape index (κ3) is 10.8. The number of unbranched alkanes of at least 4 members (excludes halogenated alkanes) is 6. The molecule has 0 aliphatic rings. The minimum absolute atomic E-state index is 0.726. The van der Waals surface area contributed by atoms with Crippen LogP contribution in [0.5, 0.6) is 0 Å². The molecular weight excluding hydrogens is 890 g/mol. The summed E-state index contributed by atoms with van der Waals surface area (Å²) in [6.07, 6.45) is 11.7. The molecule has 0 N–H and O–H groups in total. The Morgan fingerprint density at radius 1 is 0.415 bits per heavy atom. The van der Waals surface area contributed by atoms with E-state index in [0.717, 1.165) is 89.7 Å². The van der Waals surface area contributed by atoms with Crippen LogP contribution in [-0.2, 0) is 12.8 Å². The Bertz CT molecular complexity index is 2130. The van der Waals surface area contributed by atoms with Crippen LogP contribution in [0.2, 0.25) is 15.1 Å². The summed E-state index contributed by atoms with van der Waals surface area (Å²) in [6, 6.07) is 41.3. The maximum atomic E-state index is 6.96. The van der Waals surface area contributed by atoms with Gasteiger partial charge in [0, 0.05) is 23.1 Å². The van der Waals surface area contributed by atoms with Gasteiger partial charge >= 0.3 is 0 Å². The van der Waals surface area contributed by atoms with E-state index in [1.165, 1.54) is 64.3 Å². The van der Waals surface area contributed by atoms with Gasteiger partial charge in [0.1, 0.15) is 0 Å². The Hall–Kier alpha value is -2.60. The van der Waals surface area contributed by atoms with Gasteiger partial charge in [-0.3, -0.25) is 0 Å². The molecule has 0 amide bonds. The highest BCUT2D eigenvalue weighted by Gasteiger charge is 2.16. The summed E-state index contributed by atoms with van der Waals surface area (Å²) in [4.78, 5) is 0. The predicted molar refractivity (Wildman–Crippen MR) is 245 cm³/mol. The Balaban J connectivity index is 1.39. The molecule has 0 bridgehead atoms. The number of rotatable bonds is 15. The molecule has 0 saturated carbocycles. The van der Waals surface area contributed by atoms with Gasteiger partial charge in [-0.15, -0.1) is 0 Å². The van der Waals surface area contributed by atoms with Gasteiger partial charge in [-0.2, -0.15) is 0 Å². The van der Waals surface area contributed by atoms with E-state index in [-0.39, 0.29) is 0 Å². The quantitative estimate of drug-likeness (QED) is 0.0711. The summed E-state index contributed by atoms with van der Waals surface area (Å²) in [5, 5.41) is 2.21. The summed E-state index contributed by atoms with van der Waals surface area (Å²) in [7, 11) is 0. The first-order chi connectivity index (χ1) is 25.7. The average molecular weight is 935 g/mol. The van der Waals surface area contributed by atoms with Crippen molar-refractivity contribution in [1.82, 2.24) is 0 Å². The minimum Gasteiger partial charge on any atom is -0.0843 e. The van der Waals surface area contributed by atoms with Crippen molar-refractivity contribution >= 4 is 73.3 Å². The van der Waals surface area contributed by atoms with Crippen molar-refractivity contribution in [2.75, 3.05) is 0 Å². The molecule has 0 saturated heterocycles. The van der Waals surface area contributed by atoms with Gasteiger partial charge in [0.25, 0.3) is 0 Å². The summed E-state index contributed by atoms with van der Waals surface area (Å²) in [6.45, 7) is 4.54. The maximum Gasteiger partial charge on any atom is 0.0423 e. The Kier molecular flexibility index (Phi) is 14.6. The van der Waals surface area contributed by atoms with Crippen LogP contribution in [0, 0.1) is 3.57 Å². The molecule has 0 spiro atoms. The summed E-state index contributed by atoms with van der Waals surface area (Å²) >= 11 is 26.3. The Morgan fingerprint density at radius 2 is 0.792 bits per heavy atom. The van der Waals surface area contributed by atoms with Crippen LogP contribution in [0.3, 0.4) is 0 Å². The number of halogens is 5. The highest BCUT2D eigenvalue weighted by atomic mass is 127. The first kappa shape index (κ1) is 40.1. The fourth-order valence-electron chi connectivity index (χ4n) is 7.17. The SMILES string of the molecule is CCCCCCc1cc(-c2cc(Cl)cc(-c3ccc(-c4cc(Cl)cc(-c5ccc(I)cc5)c4)cc3)c2)c(CCCCCC)cc1-c1cc(Cl)cc(Br)c1. The average Bonchev–Trinajstić information content (AvgIpc) is 3.14. The highest BCUT2D eigenvalue weighted by Crippen LogP contribution is 2.39. The molecule has 0 unspecified atom stereocenters. The van der Waals surface area contributed by atoms with E-state index in [2.05, 4.69) is 149 Å². The van der Waals surface area contributed by atoms with Crippen LogP contribution < -0.4 is 0 Å². The van der Waals surface area contributed by atoms with E-state index < -0.39 is 0 Å². The van der Waals surface area contributed by atoms with Gasteiger partial charge in [-0.25, -0.2) is 0 Å². The lowest BCUT2D eigenvalue weighted by Gasteiger charge is -2.19. The van der Waals surface area contributed by atoms with Gasteiger partial charge in [0.05, 0.1) is 0 Å². The second-order valence-corrected chi connectivity index (χ2v) is 17.5. The van der Waals surface area contributed by atoms with E-state index in [4.69, 9.17) is 34.8 Å². The zero-order chi connectivity index (χ0) is 37.3. The van der Waals surface area contributed by atoms with Crippen molar-refractivity contribution in [3.63, 3.8) is 0 Å². The second-order valence-electron chi connectivity index (χ2n) is 14.0. The van der Waals surface area contributed by atoms with E-state index in [0.29, 0.717) is 0 Å². The fourth-order valence-corrected chi connectivity index (χ4v) is 8.86. The molecule has 0 radical (unpaired) electrons. The number of aryl methyl sites for hydroxylation is 2. The maximum absolute atomic E-state index is 6.96. The third-order valence-corrected chi connectivity index (χ3v) is 11.8. The standard InChI is InChI=1S/C48H45BrCl3I/c1-3-5-7-9-11-35-30-48(41-23-42(49)31-45(52)28-41)36(12-10-8-6-4-2)29-47(35)40-22-39(26-44(51)27-40)33-15-13-32(14-16-33)37-21-38(25-43(50)24-37)34-17-19-46(53)20-18-34/h13-31H,3-12H2,1-2H3. The van der Waals surface area contributed by atoms with Crippen LogP contribution >= 0.6 is 73.3 Å². The van der Waals surface area contributed by atoms with Gasteiger partial charge in [0.2, 0.25) is 0 Å². The molecule has 0 atom stereocenters. The van der Waals surface area contributed by atoms with E-state index in [9.17, 15) is 0 Å². The second kappa shape index (κ2) is 19.3. The summed E-state index contributed by atoms with van der Waals surface area (Å²) in [5.41, 5.74) is 14.3. The number of benzene rings is 6. The Labute approximate surface area is 353 Å². The van der Waals surface area contributed by atoms with E-state index in [1.807, 2.05) is 18.2 Å². The van der Waals surface area contributed by atoms with Crippen molar-refractivity contribution in [3.05, 3.63) is 149 Å². The largest absolute Gasteiger partial charge is 0.0843 e. The van der Waals surface area contributed by atoms with Crippen LogP contribution in [-0.4, -0.2) is 0 Å². The van der Waals surface area contributed by atoms with E-state index in [1.54, 1.807) is 0 Å². The fraction of sp³-hybridized carbons (Fsp3) is 0.250. The van der Waals surface area contributed by atoms with Crippen molar-refractivity contribution < 1.29 is 0 Å². The molecule has 0 heterocycles. The summed E-state index contributed by atoms with van der Waals surface area (Å²) in [5.74, 6) is 0. The molecule has 0 aliphatic heterocycles. The minimum atomic E-state index is 0.726. The van der Waals surface area contributed by atoms with Crippen molar-refractivity contribution in [2.45, 2.75) is 78.1 Å². The Morgan fingerprint density at radius 3 is 1.23 bits per heavy atom. The highest BCUT2D eigenvalue weighted by molar-refractivity contribution is 14.1. The van der Waals surface area contributed by atoms with Gasteiger partial charge in [0.15, 0.2) is 0 Å². The lowest BCUT2D eigenvalue weighted by Crippen LogP contribution is -1.99. The normalized spacial score (nSPS) is 11.3. The predicted octanol–water partition coefficient (Wildman–Crippen LogP) is 17.6. The first-order valence-electron chi connectivity index (χ1n) is 18.8. The molecule has 0 aromatic heterocycles. The first-order valence-corrected chi connectivity index (χ1v) is 21.8. The monoisotopic (exact) mass is 932 g/mol. The van der Waals surface area contributed by atoms with Crippen molar-refractivity contribution in [2.24, 2.45) is 0 Å². The molecule has 53 heavy (non-hydrogen) atoms. The third-order valence-electron chi connectivity index (χ3n) is 9.94. The number of hydrogen-bond acceptors (Lipinski definition) is 0. The van der Waals surface area contributed by atoms with Gasteiger partial charge in [-0.05, 0) is 182 Å². The molecular formula is C48H45BrCl3I. The molecule has 0 fully saturated rings. The molecule has 6 rings (SSSR count). The summed E-state index contributed by atoms with van der Waals surface area (Å²) < 4.78 is 2.21. The van der Waals surface area contributed by atoms with Crippen LogP contribution in [0.25, 0.3) is 55.6 Å².